The molecule has 0 amide bonds. The first-order chi connectivity index (χ1) is 8.79. The third-order valence-corrected chi connectivity index (χ3v) is 3.27. The van der Waals surface area contributed by atoms with Crippen LogP contribution in [0.3, 0.4) is 0 Å². The Kier molecular flexibility index (Phi) is 2.61. The summed E-state index contributed by atoms with van der Waals surface area (Å²) in [5.74, 6) is 0. The number of aryl methyl sites for hydroxylation is 1. The van der Waals surface area contributed by atoms with Gasteiger partial charge in [-0.15, -0.1) is 0 Å². The van der Waals surface area contributed by atoms with E-state index in [1.807, 2.05) is 18.3 Å². The summed E-state index contributed by atoms with van der Waals surface area (Å²) in [6.07, 6.45) is 1.81. The van der Waals surface area contributed by atoms with E-state index in [4.69, 9.17) is 5.73 Å². The highest BCUT2D eigenvalue weighted by Gasteiger charge is 2.08. The lowest BCUT2D eigenvalue weighted by Gasteiger charge is -2.05. The second kappa shape index (κ2) is 4.27. The van der Waals surface area contributed by atoms with Gasteiger partial charge in [0.15, 0.2) is 0 Å². The fourth-order valence-electron chi connectivity index (χ4n) is 2.28. The quantitative estimate of drug-likeness (QED) is 0.744. The lowest BCUT2D eigenvalue weighted by atomic mass is 10.2. The Balaban J connectivity index is 2.21. The molecule has 3 aromatic rings. The number of aromatic nitrogens is 2. The van der Waals surface area contributed by atoms with E-state index in [2.05, 4.69) is 46.9 Å². The van der Waals surface area contributed by atoms with Gasteiger partial charge in [0.2, 0.25) is 0 Å². The lowest BCUT2D eigenvalue weighted by Crippen LogP contribution is -1.98. The molecule has 0 radical (unpaired) electrons. The fourth-order valence-corrected chi connectivity index (χ4v) is 2.28. The number of nitrogens with zero attached hydrogens (tertiary/aromatic N) is 2. The van der Waals surface area contributed by atoms with E-state index < -0.39 is 0 Å². The molecule has 0 atom stereocenters. The lowest BCUT2D eigenvalue weighted by molar-refractivity contribution is 0.966. The van der Waals surface area contributed by atoms with Gasteiger partial charge in [-0.05, 0) is 29.8 Å². The van der Waals surface area contributed by atoms with E-state index in [-0.39, 0.29) is 0 Å². The number of benzene rings is 1. The molecule has 0 unspecified atom stereocenters. The molecule has 0 bridgehead atoms. The van der Waals surface area contributed by atoms with Crippen LogP contribution in [-0.4, -0.2) is 9.55 Å². The summed E-state index contributed by atoms with van der Waals surface area (Å²) in [6, 6.07) is 14.5. The van der Waals surface area contributed by atoms with Crippen molar-refractivity contribution in [2.75, 3.05) is 0 Å². The maximum Gasteiger partial charge on any atom is 0.0869 e. The van der Waals surface area contributed by atoms with E-state index in [0.717, 1.165) is 17.0 Å². The Labute approximate surface area is 106 Å². The van der Waals surface area contributed by atoms with Gasteiger partial charge in [0.05, 0.1) is 11.4 Å². The van der Waals surface area contributed by atoms with E-state index in [1.54, 1.807) is 0 Å². The molecular formula is C15H15N3. The molecule has 0 spiro atoms. The number of rotatable bonds is 2. The minimum atomic E-state index is 0.541. The fraction of sp³-hybridized carbons (Fsp3) is 0.133. The van der Waals surface area contributed by atoms with Crippen molar-refractivity contribution in [2.24, 2.45) is 12.8 Å². The molecule has 3 nitrogen and oxygen atoms in total. The smallest absolute Gasteiger partial charge is 0.0869 e. The van der Waals surface area contributed by atoms with Crippen LogP contribution in [0.1, 0.15) is 5.56 Å². The van der Waals surface area contributed by atoms with Crippen LogP contribution >= 0.6 is 0 Å². The molecule has 3 rings (SSSR count). The van der Waals surface area contributed by atoms with Crippen molar-refractivity contribution >= 4 is 10.9 Å². The standard InChI is InChI=1S/C15H15N3/c1-18-14-5-3-2-4-12(14)9-15(18)13-8-11(10-16)6-7-17-13/h2-9H,10,16H2,1H3. The van der Waals surface area contributed by atoms with Crippen LogP contribution in [0.15, 0.2) is 48.7 Å². The summed E-state index contributed by atoms with van der Waals surface area (Å²) in [5, 5.41) is 1.23. The van der Waals surface area contributed by atoms with E-state index in [9.17, 15) is 0 Å². The second-order valence-corrected chi connectivity index (χ2v) is 4.40. The molecule has 0 aliphatic carbocycles. The van der Waals surface area contributed by atoms with E-state index in [0.29, 0.717) is 6.54 Å². The van der Waals surface area contributed by atoms with Crippen LogP contribution in [0.2, 0.25) is 0 Å². The Morgan fingerprint density at radius 3 is 2.78 bits per heavy atom. The highest BCUT2D eigenvalue weighted by Crippen LogP contribution is 2.25. The molecular weight excluding hydrogens is 222 g/mol. The molecule has 90 valence electrons. The number of pyridine rings is 1. The summed E-state index contributed by atoms with van der Waals surface area (Å²) < 4.78 is 2.16. The summed E-state index contributed by atoms with van der Waals surface area (Å²) in [6.45, 7) is 0.541. The largest absolute Gasteiger partial charge is 0.342 e. The zero-order chi connectivity index (χ0) is 12.5. The topological polar surface area (TPSA) is 43.8 Å². The first-order valence-corrected chi connectivity index (χ1v) is 5.99. The number of para-hydroxylation sites is 1. The zero-order valence-electron chi connectivity index (χ0n) is 10.3. The number of fused-ring (bicyclic) bond motifs is 1. The molecule has 0 saturated carbocycles. The third-order valence-electron chi connectivity index (χ3n) is 3.27. The van der Waals surface area contributed by atoms with Gasteiger partial charge in [0.1, 0.15) is 0 Å². The predicted molar refractivity (Wildman–Crippen MR) is 74.0 cm³/mol. The Bertz CT molecular complexity index is 698. The van der Waals surface area contributed by atoms with Crippen molar-refractivity contribution in [3.8, 4) is 11.4 Å². The minimum Gasteiger partial charge on any atom is -0.342 e. The third kappa shape index (κ3) is 1.69. The molecule has 18 heavy (non-hydrogen) atoms. The molecule has 2 N–H and O–H groups in total. The van der Waals surface area contributed by atoms with E-state index in [1.165, 1.54) is 10.9 Å². The number of nitrogens with two attached hydrogens (primary N) is 1. The Morgan fingerprint density at radius 1 is 1.17 bits per heavy atom. The predicted octanol–water partition coefficient (Wildman–Crippen LogP) is 2.70. The van der Waals surface area contributed by atoms with E-state index >= 15 is 0 Å². The van der Waals surface area contributed by atoms with Gasteiger partial charge >= 0.3 is 0 Å². The molecule has 0 aliphatic heterocycles. The number of hydrogen-bond acceptors (Lipinski definition) is 2. The van der Waals surface area contributed by atoms with Crippen LogP contribution in [0.4, 0.5) is 0 Å². The highest BCUT2D eigenvalue weighted by atomic mass is 15.0. The van der Waals surface area contributed by atoms with Gasteiger partial charge in [-0.25, -0.2) is 0 Å². The van der Waals surface area contributed by atoms with Crippen molar-refractivity contribution in [3.05, 3.63) is 54.2 Å². The monoisotopic (exact) mass is 237 g/mol. The molecule has 0 fully saturated rings. The maximum atomic E-state index is 5.68. The molecule has 0 aliphatic rings. The highest BCUT2D eigenvalue weighted by molar-refractivity contribution is 5.86. The normalized spacial score (nSPS) is 11.0. The molecule has 2 aromatic heterocycles. The zero-order valence-corrected chi connectivity index (χ0v) is 10.3. The average Bonchev–Trinajstić information content (AvgIpc) is 2.77. The Morgan fingerprint density at radius 2 is 2.00 bits per heavy atom. The van der Waals surface area contributed by atoms with Gasteiger partial charge in [-0.3, -0.25) is 4.98 Å². The van der Waals surface area contributed by atoms with Gasteiger partial charge < -0.3 is 10.3 Å². The van der Waals surface area contributed by atoms with Gasteiger partial charge in [0.25, 0.3) is 0 Å². The van der Waals surface area contributed by atoms with Crippen LogP contribution < -0.4 is 5.73 Å². The van der Waals surface area contributed by atoms with Crippen LogP contribution in [0, 0.1) is 0 Å². The molecule has 3 heteroatoms. The SMILES string of the molecule is Cn1c(-c2cc(CN)ccn2)cc2ccccc21. The van der Waals surface area contributed by atoms with Crippen LogP contribution in [0.25, 0.3) is 22.3 Å². The first kappa shape index (κ1) is 11.0. The number of hydrogen-bond donors (Lipinski definition) is 1. The molecule has 0 saturated heterocycles. The molecule has 2 heterocycles. The average molecular weight is 237 g/mol. The summed E-state index contributed by atoms with van der Waals surface area (Å²) in [5.41, 5.74) is 10.1. The van der Waals surface area contributed by atoms with Gasteiger partial charge in [0, 0.05) is 30.7 Å². The molecule has 1 aromatic carbocycles. The maximum absolute atomic E-state index is 5.68. The van der Waals surface area contributed by atoms with Crippen molar-refractivity contribution in [1.29, 1.82) is 0 Å². The summed E-state index contributed by atoms with van der Waals surface area (Å²) in [7, 11) is 2.06. The van der Waals surface area contributed by atoms with Crippen molar-refractivity contribution < 1.29 is 0 Å². The van der Waals surface area contributed by atoms with Gasteiger partial charge in [-0.2, -0.15) is 0 Å². The van der Waals surface area contributed by atoms with Crippen molar-refractivity contribution in [1.82, 2.24) is 9.55 Å². The van der Waals surface area contributed by atoms with Crippen LogP contribution in [0.5, 0.6) is 0 Å². The minimum absolute atomic E-state index is 0.541. The van der Waals surface area contributed by atoms with Crippen molar-refractivity contribution in [2.45, 2.75) is 6.54 Å². The van der Waals surface area contributed by atoms with Crippen LogP contribution in [-0.2, 0) is 13.6 Å². The first-order valence-electron chi connectivity index (χ1n) is 5.99. The summed E-state index contributed by atoms with van der Waals surface area (Å²) in [4.78, 5) is 4.44. The summed E-state index contributed by atoms with van der Waals surface area (Å²) >= 11 is 0. The van der Waals surface area contributed by atoms with Crippen molar-refractivity contribution in [3.63, 3.8) is 0 Å². The second-order valence-electron chi connectivity index (χ2n) is 4.40. The van der Waals surface area contributed by atoms with Gasteiger partial charge in [-0.1, -0.05) is 18.2 Å². The Hall–Kier alpha value is -2.13.